The van der Waals surface area contributed by atoms with E-state index in [1.165, 1.54) is 51.4 Å². The van der Waals surface area contributed by atoms with E-state index in [-0.39, 0.29) is 0 Å². The van der Waals surface area contributed by atoms with Crippen molar-refractivity contribution in [3.05, 3.63) is 0 Å². The summed E-state index contributed by atoms with van der Waals surface area (Å²) in [5.41, 5.74) is 0. The van der Waals surface area contributed by atoms with E-state index >= 15 is 0 Å². The highest BCUT2D eigenvalue weighted by Gasteiger charge is 2.46. The molecule has 6 heteroatoms. The highest BCUT2D eigenvalue weighted by atomic mass is 28.5. The van der Waals surface area contributed by atoms with Gasteiger partial charge in [0.05, 0.1) is 0 Å². The maximum Gasteiger partial charge on any atom is 0.479 e. The molecule has 0 N–H and O–H groups in total. The molecule has 0 rings (SSSR count). The van der Waals surface area contributed by atoms with Gasteiger partial charge in [-0.25, -0.2) is 0 Å². The summed E-state index contributed by atoms with van der Waals surface area (Å²) in [5, 5.41) is 0. The van der Waals surface area contributed by atoms with Gasteiger partial charge in [-0.2, -0.15) is 0 Å². The van der Waals surface area contributed by atoms with Gasteiger partial charge in [0.15, 0.2) is 16.6 Å². The first kappa shape index (κ1) is 23.5. The van der Waals surface area contributed by atoms with Crippen molar-refractivity contribution in [2.75, 3.05) is 7.11 Å². The maximum absolute atomic E-state index is 6.48. The molecular weight excluding hydrogens is 336 g/mol. The summed E-state index contributed by atoms with van der Waals surface area (Å²) in [4.78, 5) is 0. The Kier molecular flexibility index (Phi) is 11.5. The topological polar surface area (TPSA) is 27.7 Å². The van der Waals surface area contributed by atoms with Gasteiger partial charge in [0.1, 0.15) is 0 Å². The Morgan fingerprint density at radius 2 is 1.00 bits per heavy atom. The van der Waals surface area contributed by atoms with Crippen molar-refractivity contribution in [3.8, 4) is 0 Å². The molecule has 0 aliphatic heterocycles. The summed E-state index contributed by atoms with van der Waals surface area (Å²) in [7, 11) is -4.05. The first-order valence-corrected chi connectivity index (χ1v) is 18.2. The van der Waals surface area contributed by atoms with Crippen LogP contribution in [0.4, 0.5) is 0 Å². The van der Waals surface area contributed by atoms with Crippen molar-refractivity contribution < 1.29 is 12.7 Å². The van der Waals surface area contributed by atoms with Crippen LogP contribution in [0.25, 0.3) is 0 Å². The van der Waals surface area contributed by atoms with Crippen molar-refractivity contribution in [3.63, 3.8) is 0 Å². The summed E-state index contributed by atoms with van der Waals surface area (Å²) in [6, 6.07) is 0.979. The lowest BCUT2D eigenvalue weighted by Gasteiger charge is -2.38. The van der Waals surface area contributed by atoms with Crippen molar-refractivity contribution in [2.24, 2.45) is 0 Å². The van der Waals surface area contributed by atoms with E-state index in [1.54, 1.807) is 7.11 Å². The van der Waals surface area contributed by atoms with E-state index in [1.807, 2.05) is 0 Å². The lowest BCUT2D eigenvalue weighted by molar-refractivity contribution is 0.197. The molecule has 0 saturated heterocycles. The fraction of sp³-hybridized carbons (Fsp3) is 1.00. The third kappa shape index (κ3) is 13.5. The third-order valence-electron chi connectivity index (χ3n) is 3.57. The van der Waals surface area contributed by atoms with E-state index in [9.17, 15) is 0 Å². The van der Waals surface area contributed by atoms with Gasteiger partial charge < -0.3 is 12.7 Å². The van der Waals surface area contributed by atoms with Crippen LogP contribution in [0.3, 0.4) is 0 Å². The van der Waals surface area contributed by atoms with Gasteiger partial charge in [0.25, 0.3) is 0 Å². The van der Waals surface area contributed by atoms with Crippen LogP contribution in [0.2, 0.25) is 45.3 Å². The number of unbranched alkanes of at least 4 members (excludes halogenated alkanes) is 7. The Morgan fingerprint density at radius 1 is 0.609 bits per heavy atom. The fourth-order valence-electron chi connectivity index (χ4n) is 2.72. The second-order valence-electron chi connectivity index (χ2n) is 8.54. The van der Waals surface area contributed by atoms with E-state index in [4.69, 9.17) is 12.7 Å². The lowest BCUT2D eigenvalue weighted by atomic mass is 10.1. The Morgan fingerprint density at radius 3 is 1.35 bits per heavy atom. The molecule has 0 spiro atoms. The maximum atomic E-state index is 6.48. The second kappa shape index (κ2) is 11.2. The van der Waals surface area contributed by atoms with Crippen LogP contribution in [0.5, 0.6) is 0 Å². The molecule has 0 aromatic rings. The van der Waals surface area contributed by atoms with Gasteiger partial charge >= 0.3 is 8.80 Å². The Hall–Kier alpha value is 0.531. The molecule has 0 amide bonds. The largest absolute Gasteiger partial charge is 0.479 e. The zero-order valence-corrected chi connectivity index (χ0v) is 20.1. The molecule has 0 bridgehead atoms. The van der Waals surface area contributed by atoms with E-state index in [2.05, 4.69) is 46.2 Å². The number of hydrogen-bond donors (Lipinski definition) is 0. The standard InChI is InChI=1S/C17H42O3Si3/c1-9-10-11-12-13-14-15-16-17-23(18-2,19-21(3,4)5)20-22(6,7)8/h9-17H2,1-8H3. The van der Waals surface area contributed by atoms with Crippen molar-refractivity contribution >= 4 is 25.4 Å². The summed E-state index contributed by atoms with van der Waals surface area (Å²) in [6.45, 7) is 15.7. The van der Waals surface area contributed by atoms with Crippen molar-refractivity contribution in [2.45, 2.75) is 104 Å². The number of hydrogen-bond acceptors (Lipinski definition) is 3. The van der Waals surface area contributed by atoms with Gasteiger partial charge in [-0.05, 0) is 45.7 Å². The normalized spacial score (nSPS) is 13.6. The van der Waals surface area contributed by atoms with E-state index in [0.29, 0.717) is 0 Å². The SMILES string of the molecule is CCCCCCCCCC[Si](OC)(O[Si](C)(C)C)O[Si](C)(C)C. The van der Waals surface area contributed by atoms with Crippen molar-refractivity contribution in [1.82, 2.24) is 0 Å². The van der Waals surface area contributed by atoms with Gasteiger partial charge in [0, 0.05) is 13.2 Å². The molecular formula is C17H42O3Si3. The highest BCUT2D eigenvalue weighted by molar-refractivity contribution is 6.85. The Bertz CT molecular complexity index is 282. The molecule has 0 saturated carbocycles. The molecule has 0 radical (unpaired) electrons. The number of rotatable bonds is 14. The molecule has 0 aromatic carbocycles. The minimum atomic E-state index is -2.50. The van der Waals surface area contributed by atoms with E-state index in [0.717, 1.165) is 6.04 Å². The first-order valence-electron chi connectivity index (χ1n) is 9.49. The molecule has 0 heterocycles. The van der Waals surface area contributed by atoms with Crippen LogP contribution in [-0.4, -0.2) is 32.5 Å². The third-order valence-corrected chi connectivity index (χ3v) is 12.5. The molecule has 3 nitrogen and oxygen atoms in total. The minimum Gasteiger partial charge on any atom is -0.416 e. The average Bonchev–Trinajstić information content (AvgIpc) is 2.38. The molecule has 0 aromatic heterocycles. The smallest absolute Gasteiger partial charge is 0.416 e. The Balaban J connectivity index is 4.36. The summed E-state index contributed by atoms with van der Waals surface area (Å²) in [5.74, 6) is 0. The van der Waals surface area contributed by atoms with E-state index < -0.39 is 25.4 Å². The predicted molar refractivity (Wildman–Crippen MR) is 109 cm³/mol. The molecule has 0 unspecified atom stereocenters. The van der Waals surface area contributed by atoms with Crippen LogP contribution in [0.15, 0.2) is 0 Å². The lowest BCUT2D eigenvalue weighted by Crippen LogP contribution is -2.56. The van der Waals surface area contributed by atoms with Crippen LogP contribution < -0.4 is 0 Å². The monoisotopic (exact) mass is 378 g/mol. The summed E-state index contributed by atoms with van der Waals surface area (Å²) < 4.78 is 18.9. The molecule has 0 aliphatic rings. The van der Waals surface area contributed by atoms with Gasteiger partial charge in [-0.1, -0.05) is 51.9 Å². The predicted octanol–water partition coefficient (Wildman–Crippen LogP) is 6.42. The molecule has 140 valence electrons. The molecule has 23 heavy (non-hydrogen) atoms. The van der Waals surface area contributed by atoms with Crippen LogP contribution in [0.1, 0.15) is 58.3 Å². The summed E-state index contributed by atoms with van der Waals surface area (Å²) in [6.07, 6.45) is 10.6. The highest BCUT2D eigenvalue weighted by Crippen LogP contribution is 2.27. The van der Waals surface area contributed by atoms with Gasteiger partial charge in [0.2, 0.25) is 0 Å². The van der Waals surface area contributed by atoms with Crippen LogP contribution in [0, 0.1) is 0 Å². The molecule has 0 atom stereocenters. The van der Waals surface area contributed by atoms with Crippen LogP contribution >= 0.6 is 0 Å². The first-order chi connectivity index (χ1) is 10.5. The molecule has 0 fully saturated rings. The second-order valence-corrected chi connectivity index (χ2v) is 20.9. The quantitative estimate of drug-likeness (QED) is 0.258. The minimum absolute atomic E-state index is 0.979. The average molecular weight is 379 g/mol. The van der Waals surface area contributed by atoms with Gasteiger partial charge in [-0.15, -0.1) is 0 Å². The zero-order valence-electron chi connectivity index (χ0n) is 17.1. The van der Waals surface area contributed by atoms with Crippen molar-refractivity contribution in [1.29, 1.82) is 0 Å². The van der Waals surface area contributed by atoms with Gasteiger partial charge in [-0.3, -0.25) is 0 Å². The zero-order chi connectivity index (χ0) is 18.0. The molecule has 0 aliphatic carbocycles. The Labute approximate surface area is 149 Å². The van der Waals surface area contributed by atoms with Crippen LogP contribution in [-0.2, 0) is 12.7 Å². The summed E-state index contributed by atoms with van der Waals surface area (Å²) >= 11 is 0. The fourth-order valence-corrected chi connectivity index (χ4v) is 13.1.